The summed E-state index contributed by atoms with van der Waals surface area (Å²) in [5.74, 6) is -0.960. The van der Waals surface area contributed by atoms with Gasteiger partial charge in [-0.25, -0.2) is 5.48 Å². The summed E-state index contributed by atoms with van der Waals surface area (Å²) in [6, 6.07) is 15.7. The molecule has 1 aliphatic heterocycles. The second-order valence-electron chi connectivity index (χ2n) is 5.96. The van der Waals surface area contributed by atoms with Crippen molar-refractivity contribution in [3.05, 3.63) is 65.2 Å². The number of hydroxylamine groups is 1. The number of nitrogens with one attached hydrogen (secondary N) is 1. The molecular weight excluding hydrogens is 304 g/mol. The summed E-state index contributed by atoms with van der Waals surface area (Å²) >= 11 is 0. The first-order valence-corrected chi connectivity index (χ1v) is 8.13. The Labute approximate surface area is 141 Å². The molecule has 0 bridgehead atoms. The van der Waals surface area contributed by atoms with Gasteiger partial charge in [0.1, 0.15) is 0 Å². The second-order valence-corrected chi connectivity index (χ2v) is 5.96. The van der Waals surface area contributed by atoms with E-state index >= 15 is 0 Å². The number of benzene rings is 2. The molecule has 2 aromatic rings. The van der Waals surface area contributed by atoms with Crippen molar-refractivity contribution in [2.75, 3.05) is 31.2 Å². The van der Waals surface area contributed by atoms with Crippen LogP contribution in [-0.4, -0.2) is 37.4 Å². The maximum absolute atomic E-state index is 12.3. The van der Waals surface area contributed by atoms with Crippen LogP contribution in [0.5, 0.6) is 0 Å². The number of hydrogen-bond donors (Lipinski definition) is 2. The quantitative estimate of drug-likeness (QED) is 0.669. The van der Waals surface area contributed by atoms with E-state index in [2.05, 4.69) is 4.90 Å². The van der Waals surface area contributed by atoms with Crippen LogP contribution in [0.25, 0.3) is 0 Å². The Morgan fingerprint density at radius 1 is 1.12 bits per heavy atom. The molecule has 1 aliphatic rings. The number of nitrogens with zero attached hydrogens (tertiary/aromatic N) is 1. The number of hydrogen-bond acceptors (Lipinski definition) is 4. The average molecular weight is 326 g/mol. The molecule has 5 nitrogen and oxygen atoms in total. The zero-order chi connectivity index (χ0) is 16.9. The van der Waals surface area contributed by atoms with Crippen molar-refractivity contribution in [1.29, 1.82) is 0 Å². The molecule has 2 N–H and O–H groups in total. The molecule has 1 amide bonds. The van der Waals surface area contributed by atoms with Gasteiger partial charge >= 0.3 is 0 Å². The van der Waals surface area contributed by atoms with Crippen molar-refractivity contribution in [3.63, 3.8) is 0 Å². The van der Waals surface area contributed by atoms with Gasteiger partial charge in [-0.1, -0.05) is 36.4 Å². The molecule has 1 heterocycles. The lowest BCUT2D eigenvalue weighted by Gasteiger charge is -2.29. The van der Waals surface area contributed by atoms with Crippen molar-refractivity contribution in [3.8, 4) is 0 Å². The first-order chi connectivity index (χ1) is 11.7. The lowest BCUT2D eigenvalue weighted by atomic mass is 9.88. The van der Waals surface area contributed by atoms with E-state index < -0.39 is 11.8 Å². The van der Waals surface area contributed by atoms with Gasteiger partial charge in [0, 0.05) is 18.8 Å². The smallest absolute Gasteiger partial charge is 0.255 e. The van der Waals surface area contributed by atoms with E-state index in [9.17, 15) is 4.79 Å². The van der Waals surface area contributed by atoms with E-state index in [-0.39, 0.29) is 0 Å². The van der Waals surface area contributed by atoms with Gasteiger partial charge in [0.15, 0.2) is 0 Å². The zero-order valence-corrected chi connectivity index (χ0v) is 13.7. The van der Waals surface area contributed by atoms with Crippen molar-refractivity contribution in [2.45, 2.75) is 12.8 Å². The first kappa shape index (κ1) is 16.5. The maximum atomic E-state index is 12.3. The molecule has 3 rings (SSSR count). The summed E-state index contributed by atoms with van der Waals surface area (Å²) in [5.41, 5.74) is 5.69. The van der Waals surface area contributed by atoms with Crippen LogP contribution >= 0.6 is 0 Å². The maximum Gasteiger partial charge on any atom is 0.255 e. The highest BCUT2D eigenvalue weighted by atomic mass is 16.5. The van der Waals surface area contributed by atoms with Crippen LogP contribution in [0.4, 0.5) is 5.69 Å². The number of aryl methyl sites for hydroxylation is 1. The molecule has 1 fully saturated rings. The Morgan fingerprint density at radius 3 is 2.42 bits per heavy atom. The van der Waals surface area contributed by atoms with Gasteiger partial charge in [-0.2, -0.15) is 0 Å². The van der Waals surface area contributed by atoms with Crippen LogP contribution in [-0.2, 0) is 9.53 Å². The predicted molar refractivity (Wildman–Crippen MR) is 92.4 cm³/mol. The van der Waals surface area contributed by atoms with Crippen molar-refractivity contribution < 1.29 is 14.7 Å². The van der Waals surface area contributed by atoms with Crippen molar-refractivity contribution in [2.24, 2.45) is 0 Å². The molecule has 1 saturated heterocycles. The number of carbonyl (C=O) groups is 1. The molecular formula is C19H22N2O3. The minimum atomic E-state index is -0.532. The summed E-state index contributed by atoms with van der Waals surface area (Å²) < 4.78 is 5.38. The number of carbonyl (C=O) groups excluding carboxylic acids is 1. The molecule has 1 unspecified atom stereocenters. The standard InChI is InChI=1S/C19H22N2O3/c1-14-4-2-3-5-17(14)18(19(22)20-23)15-6-8-16(9-7-15)21-10-12-24-13-11-21/h2-9,18,23H,10-13H2,1H3,(H,20,22). The SMILES string of the molecule is Cc1ccccc1C(C(=O)NO)c1ccc(N2CCOCC2)cc1. The Bertz CT molecular complexity index is 694. The third-order valence-corrected chi connectivity index (χ3v) is 4.47. The van der Waals surface area contributed by atoms with E-state index in [1.165, 1.54) is 0 Å². The van der Waals surface area contributed by atoms with E-state index in [1.54, 1.807) is 5.48 Å². The largest absolute Gasteiger partial charge is 0.378 e. The number of ether oxygens (including phenoxy) is 1. The molecule has 0 radical (unpaired) electrons. The number of anilines is 1. The Morgan fingerprint density at radius 2 is 1.79 bits per heavy atom. The molecule has 0 saturated carbocycles. The molecule has 2 aromatic carbocycles. The van der Waals surface area contributed by atoms with Gasteiger partial charge < -0.3 is 9.64 Å². The molecule has 24 heavy (non-hydrogen) atoms. The second kappa shape index (κ2) is 7.47. The monoisotopic (exact) mass is 326 g/mol. The van der Waals surface area contributed by atoms with Gasteiger partial charge in [0.25, 0.3) is 5.91 Å². The summed E-state index contributed by atoms with van der Waals surface area (Å²) in [4.78, 5) is 14.5. The van der Waals surface area contributed by atoms with Crippen LogP contribution in [0.3, 0.4) is 0 Å². The topological polar surface area (TPSA) is 61.8 Å². The summed E-state index contributed by atoms with van der Waals surface area (Å²) in [7, 11) is 0. The van der Waals surface area contributed by atoms with E-state index in [1.807, 2.05) is 55.5 Å². The highest BCUT2D eigenvalue weighted by Gasteiger charge is 2.24. The highest BCUT2D eigenvalue weighted by molar-refractivity contribution is 5.86. The van der Waals surface area contributed by atoms with E-state index in [0.717, 1.165) is 48.7 Å². The molecule has 1 atom stereocenters. The van der Waals surface area contributed by atoms with Crippen molar-refractivity contribution in [1.82, 2.24) is 5.48 Å². The van der Waals surface area contributed by atoms with Crippen LogP contribution in [0.1, 0.15) is 22.6 Å². The fourth-order valence-corrected chi connectivity index (χ4v) is 3.15. The summed E-state index contributed by atoms with van der Waals surface area (Å²) in [5, 5.41) is 9.16. The van der Waals surface area contributed by atoms with Gasteiger partial charge in [-0.3, -0.25) is 10.0 Å². The van der Waals surface area contributed by atoms with Crippen molar-refractivity contribution >= 4 is 11.6 Å². The van der Waals surface area contributed by atoms with Crippen LogP contribution < -0.4 is 10.4 Å². The number of rotatable bonds is 4. The van der Waals surface area contributed by atoms with Gasteiger partial charge in [0.05, 0.1) is 19.1 Å². The van der Waals surface area contributed by atoms with Gasteiger partial charge in [-0.05, 0) is 35.7 Å². The fourth-order valence-electron chi connectivity index (χ4n) is 3.15. The third kappa shape index (κ3) is 3.42. The highest BCUT2D eigenvalue weighted by Crippen LogP contribution is 2.29. The zero-order valence-electron chi connectivity index (χ0n) is 13.7. The molecule has 5 heteroatoms. The number of amides is 1. The molecule has 0 aliphatic carbocycles. The van der Waals surface area contributed by atoms with E-state index in [4.69, 9.17) is 9.94 Å². The minimum absolute atomic E-state index is 0.427. The lowest BCUT2D eigenvalue weighted by molar-refractivity contribution is -0.129. The minimum Gasteiger partial charge on any atom is -0.378 e. The first-order valence-electron chi connectivity index (χ1n) is 8.13. The Kier molecular flexibility index (Phi) is 5.13. The lowest BCUT2D eigenvalue weighted by Crippen LogP contribution is -2.36. The van der Waals surface area contributed by atoms with Gasteiger partial charge in [-0.15, -0.1) is 0 Å². The normalized spacial score (nSPS) is 15.8. The number of morpholine rings is 1. The fraction of sp³-hybridized carbons (Fsp3) is 0.316. The molecule has 126 valence electrons. The average Bonchev–Trinajstić information content (AvgIpc) is 2.64. The van der Waals surface area contributed by atoms with Gasteiger partial charge in [0.2, 0.25) is 0 Å². The predicted octanol–water partition coefficient (Wildman–Crippen LogP) is 2.47. The Hall–Kier alpha value is -2.37. The Balaban J connectivity index is 1.91. The summed E-state index contributed by atoms with van der Waals surface area (Å²) in [6.45, 7) is 5.19. The third-order valence-electron chi connectivity index (χ3n) is 4.47. The van der Waals surface area contributed by atoms with Crippen LogP contribution in [0, 0.1) is 6.92 Å². The van der Waals surface area contributed by atoms with Crippen LogP contribution in [0.2, 0.25) is 0 Å². The molecule has 0 aromatic heterocycles. The molecule has 0 spiro atoms. The summed E-state index contributed by atoms with van der Waals surface area (Å²) in [6.07, 6.45) is 0. The van der Waals surface area contributed by atoms with Crippen LogP contribution in [0.15, 0.2) is 48.5 Å². The van der Waals surface area contributed by atoms with E-state index in [0.29, 0.717) is 0 Å².